The minimum Gasteiger partial charge on any atom is -0.352 e. The third kappa shape index (κ3) is 5.41. The first-order valence-electron chi connectivity index (χ1n) is 9.24. The lowest BCUT2D eigenvalue weighted by Crippen LogP contribution is -2.46. The predicted octanol–water partition coefficient (Wildman–Crippen LogP) is 2.28. The summed E-state index contributed by atoms with van der Waals surface area (Å²) in [4.78, 5) is 6.88. The molecule has 8 heteroatoms. The molecule has 7 nitrogen and oxygen atoms in total. The Morgan fingerprint density at radius 1 is 1.26 bits per heavy atom. The second-order valence-electron chi connectivity index (χ2n) is 7.15. The Labute approximate surface area is 178 Å². The van der Waals surface area contributed by atoms with E-state index in [4.69, 9.17) is 0 Å². The van der Waals surface area contributed by atoms with Crippen molar-refractivity contribution in [3.05, 3.63) is 42.5 Å². The lowest BCUT2D eigenvalue weighted by molar-refractivity contribution is 0.265. The van der Waals surface area contributed by atoms with E-state index in [9.17, 15) is 0 Å². The fourth-order valence-corrected chi connectivity index (χ4v) is 3.33. The first kappa shape index (κ1) is 21.6. The molecule has 0 radical (unpaired) electrons. The molecular formula is C19H30IN7. The number of guanidine groups is 1. The smallest absolute Gasteiger partial charge is 0.191 e. The summed E-state index contributed by atoms with van der Waals surface area (Å²) < 4.78 is 1.99. The van der Waals surface area contributed by atoms with Gasteiger partial charge in [0.05, 0.1) is 6.54 Å². The summed E-state index contributed by atoms with van der Waals surface area (Å²) in [5.74, 6) is 2.24. The van der Waals surface area contributed by atoms with E-state index in [0.29, 0.717) is 24.5 Å². The van der Waals surface area contributed by atoms with Gasteiger partial charge in [0.15, 0.2) is 11.8 Å². The molecule has 1 aromatic heterocycles. The van der Waals surface area contributed by atoms with Crippen LogP contribution in [0.15, 0.2) is 41.7 Å². The number of aromatic nitrogens is 3. The lowest BCUT2D eigenvalue weighted by Gasteiger charge is -2.21. The normalized spacial score (nSPS) is 20.6. The minimum atomic E-state index is 0. The van der Waals surface area contributed by atoms with Gasteiger partial charge in [-0.25, -0.2) is 0 Å². The third-order valence-electron chi connectivity index (χ3n) is 4.98. The highest BCUT2D eigenvalue weighted by Crippen LogP contribution is 2.18. The van der Waals surface area contributed by atoms with E-state index in [0.717, 1.165) is 30.6 Å². The number of rotatable bonds is 5. The van der Waals surface area contributed by atoms with Crippen molar-refractivity contribution in [1.29, 1.82) is 0 Å². The van der Waals surface area contributed by atoms with E-state index in [1.807, 2.05) is 34.9 Å². The van der Waals surface area contributed by atoms with E-state index in [1.165, 1.54) is 0 Å². The van der Waals surface area contributed by atoms with Crippen LogP contribution in [0.2, 0.25) is 0 Å². The van der Waals surface area contributed by atoms with Crippen molar-refractivity contribution < 1.29 is 0 Å². The molecule has 0 saturated carbocycles. The van der Waals surface area contributed by atoms with Crippen molar-refractivity contribution in [3.8, 4) is 5.69 Å². The third-order valence-corrected chi connectivity index (χ3v) is 4.98. The predicted molar refractivity (Wildman–Crippen MR) is 120 cm³/mol. The van der Waals surface area contributed by atoms with Crippen LogP contribution >= 0.6 is 24.0 Å². The van der Waals surface area contributed by atoms with Crippen LogP contribution in [0.5, 0.6) is 0 Å². The van der Waals surface area contributed by atoms with Crippen molar-refractivity contribution in [2.45, 2.75) is 39.4 Å². The maximum atomic E-state index is 4.38. The van der Waals surface area contributed by atoms with Crippen molar-refractivity contribution in [3.63, 3.8) is 0 Å². The van der Waals surface area contributed by atoms with E-state index in [1.54, 1.807) is 13.4 Å². The molecule has 0 amide bonds. The Balaban J connectivity index is 0.00000261. The molecule has 0 spiro atoms. The molecule has 2 atom stereocenters. The lowest BCUT2D eigenvalue weighted by atomic mass is 10.1. The minimum absolute atomic E-state index is 0. The zero-order chi connectivity index (χ0) is 18.5. The molecule has 0 bridgehead atoms. The van der Waals surface area contributed by atoms with Gasteiger partial charge < -0.3 is 10.6 Å². The summed E-state index contributed by atoms with van der Waals surface area (Å²) in [6.07, 6.45) is 1.74. The number of nitrogens with zero attached hydrogens (tertiary/aromatic N) is 5. The number of nitrogens with one attached hydrogen (secondary N) is 2. The molecule has 2 heterocycles. The molecule has 1 aromatic carbocycles. The number of aliphatic imine (C=N–C) groups is 1. The monoisotopic (exact) mass is 483 g/mol. The highest BCUT2D eigenvalue weighted by molar-refractivity contribution is 14.0. The van der Waals surface area contributed by atoms with Crippen LogP contribution in [0, 0.1) is 5.92 Å². The first-order valence-corrected chi connectivity index (χ1v) is 9.24. The summed E-state index contributed by atoms with van der Waals surface area (Å²) in [5.41, 5.74) is 1.05. The van der Waals surface area contributed by atoms with Crippen LogP contribution in [0.25, 0.3) is 5.69 Å². The summed E-state index contributed by atoms with van der Waals surface area (Å²) in [5, 5.41) is 15.2. The standard InChI is InChI=1S/C19H29N7.HI/c1-14(2)25-11-15(3)17(12-25)23-19(20-4)21-10-18-24-22-13-26(18)16-8-6-5-7-9-16;/h5-9,13-15,17H,10-12H2,1-4H3,(H2,20,21,23);1H. The Bertz CT molecular complexity index is 729. The molecule has 0 aliphatic carbocycles. The van der Waals surface area contributed by atoms with E-state index >= 15 is 0 Å². The fourth-order valence-electron chi connectivity index (χ4n) is 3.33. The molecule has 1 aliphatic heterocycles. The van der Waals surface area contributed by atoms with Gasteiger partial charge in [0, 0.05) is 37.9 Å². The maximum absolute atomic E-state index is 4.38. The number of hydrogen-bond acceptors (Lipinski definition) is 4. The second kappa shape index (κ2) is 10.0. The summed E-state index contributed by atoms with van der Waals surface area (Å²) in [6.45, 7) is 9.51. The van der Waals surface area contributed by atoms with Gasteiger partial charge in [-0.05, 0) is 31.9 Å². The molecule has 2 N–H and O–H groups in total. The van der Waals surface area contributed by atoms with Crippen molar-refractivity contribution in [1.82, 2.24) is 30.3 Å². The van der Waals surface area contributed by atoms with Crippen molar-refractivity contribution in [2.75, 3.05) is 20.1 Å². The maximum Gasteiger partial charge on any atom is 0.191 e. The van der Waals surface area contributed by atoms with Gasteiger partial charge in [-0.2, -0.15) is 0 Å². The molecule has 27 heavy (non-hydrogen) atoms. The molecule has 2 aromatic rings. The molecule has 1 saturated heterocycles. The van der Waals surface area contributed by atoms with Gasteiger partial charge in [0.25, 0.3) is 0 Å². The zero-order valence-corrected chi connectivity index (χ0v) is 18.8. The van der Waals surface area contributed by atoms with Crippen molar-refractivity contribution in [2.24, 2.45) is 10.9 Å². The number of benzene rings is 1. The molecule has 3 rings (SSSR count). The average Bonchev–Trinajstić information content (AvgIpc) is 3.26. The van der Waals surface area contributed by atoms with Gasteiger partial charge in [0.1, 0.15) is 6.33 Å². The summed E-state index contributed by atoms with van der Waals surface area (Å²) in [7, 11) is 1.80. The van der Waals surface area contributed by atoms with Crippen LogP contribution in [-0.4, -0.2) is 57.8 Å². The number of para-hydroxylation sites is 1. The van der Waals surface area contributed by atoms with Gasteiger partial charge >= 0.3 is 0 Å². The quantitative estimate of drug-likeness (QED) is 0.388. The molecular weight excluding hydrogens is 453 g/mol. The van der Waals surface area contributed by atoms with Crippen LogP contribution < -0.4 is 10.6 Å². The van der Waals surface area contributed by atoms with E-state index < -0.39 is 0 Å². The summed E-state index contributed by atoms with van der Waals surface area (Å²) in [6, 6.07) is 11.1. The van der Waals surface area contributed by atoms with E-state index in [2.05, 4.69) is 51.5 Å². The highest BCUT2D eigenvalue weighted by Gasteiger charge is 2.31. The van der Waals surface area contributed by atoms with Crippen LogP contribution in [-0.2, 0) is 6.54 Å². The first-order chi connectivity index (χ1) is 12.6. The number of likely N-dealkylation sites (tertiary alicyclic amines) is 1. The Kier molecular flexibility index (Phi) is 8.03. The number of halogens is 1. The Morgan fingerprint density at radius 3 is 2.63 bits per heavy atom. The fraction of sp³-hybridized carbons (Fsp3) is 0.526. The Hall–Kier alpha value is -1.68. The second-order valence-corrected chi connectivity index (χ2v) is 7.15. The molecule has 148 valence electrons. The average molecular weight is 483 g/mol. The zero-order valence-electron chi connectivity index (χ0n) is 16.5. The molecule has 1 fully saturated rings. The number of hydrogen-bond donors (Lipinski definition) is 2. The molecule has 2 unspecified atom stereocenters. The molecule has 1 aliphatic rings. The highest BCUT2D eigenvalue weighted by atomic mass is 127. The van der Waals surface area contributed by atoms with Gasteiger partial charge in [0.2, 0.25) is 0 Å². The topological polar surface area (TPSA) is 70.4 Å². The van der Waals surface area contributed by atoms with E-state index in [-0.39, 0.29) is 24.0 Å². The Morgan fingerprint density at radius 2 is 2.00 bits per heavy atom. The van der Waals surface area contributed by atoms with Crippen LogP contribution in [0.1, 0.15) is 26.6 Å². The summed E-state index contributed by atoms with van der Waals surface area (Å²) >= 11 is 0. The SMILES string of the molecule is CN=C(NCc1nncn1-c1ccccc1)NC1CN(C(C)C)CC1C.I. The van der Waals surface area contributed by atoms with Crippen LogP contribution in [0.3, 0.4) is 0 Å². The van der Waals surface area contributed by atoms with Crippen molar-refractivity contribution >= 4 is 29.9 Å². The van der Waals surface area contributed by atoms with Gasteiger partial charge in [-0.1, -0.05) is 25.1 Å². The largest absolute Gasteiger partial charge is 0.352 e. The van der Waals surface area contributed by atoms with Gasteiger partial charge in [-0.15, -0.1) is 34.2 Å². The van der Waals surface area contributed by atoms with Gasteiger partial charge in [-0.3, -0.25) is 14.5 Å². The van der Waals surface area contributed by atoms with Crippen LogP contribution in [0.4, 0.5) is 0 Å².